The van der Waals surface area contributed by atoms with Crippen molar-refractivity contribution in [3.63, 3.8) is 0 Å². The SMILES string of the molecule is Cc1c(C)n(Cc2ccc(C(F)(F)F)cc2)c2c(N3CCCC(C4CCCCC4)C3)nccc12.Cl. The fourth-order valence-corrected chi connectivity index (χ4v) is 6.18. The van der Waals surface area contributed by atoms with Crippen LogP contribution >= 0.6 is 12.4 Å². The van der Waals surface area contributed by atoms with Crippen molar-refractivity contribution < 1.29 is 13.2 Å². The molecule has 3 heterocycles. The molecule has 1 unspecified atom stereocenters. The highest BCUT2D eigenvalue weighted by Gasteiger charge is 2.31. The van der Waals surface area contributed by atoms with E-state index in [1.165, 1.54) is 68.0 Å². The van der Waals surface area contributed by atoms with Crippen LogP contribution in [0.3, 0.4) is 0 Å². The lowest BCUT2D eigenvalue weighted by atomic mass is 9.76. The van der Waals surface area contributed by atoms with Crippen LogP contribution in [0.25, 0.3) is 10.9 Å². The summed E-state index contributed by atoms with van der Waals surface area (Å²) >= 11 is 0. The predicted molar refractivity (Wildman–Crippen MR) is 139 cm³/mol. The molecule has 35 heavy (non-hydrogen) atoms. The van der Waals surface area contributed by atoms with Crippen LogP contribution < -0.4 is 4.90 Å². The van der Waals surface area contributed by atoms with Crippen molar-refractivity contribution in [1.29, 1.82) is 0 Å². The van der Waals surface area contributed by atoms with Crippen LogP contribution in [0.15, 0.2) is 36.5 Å². The summed E-state index contributed by atoms with van der Waals surface area (Å²) in [4.78, 5) is 7.35. The molecule has 1 atom stereocenters. The van der Waals surface area contributed by atoms with Gasteiger partial charge < -0.3 is 9.47 Å². The smallest absolute Gasteiger partial charge is 0.355 e. The normalized spacial score (nSPS) is 19.7. The number of nitrogens with zero attached hydrogens (tertiary/aromatic N) is 3. The molecule has 0 N–H and O–H groups in total. The monoisotopic (exact) mass is 505 g/mol. The minimum absolute atomic E-state index is 0. The van der Waals surface area contributed by atoms with Crippen molar-refractivity contribution in [2.24, 2.45) is 11.8 Å². The van der Waals surface area contributed by atoms with E-state index in [2.05, 4.69) is 29.4 Å². The van der Waals surface area contributed by atoms with Crippen molar-refractivity contribution in [2.75, 3.05) is 18.0 Å². The second-order valence-electron chi connectivity index (χ2n) is 10.3. The van der Waals surface area contributed by atoms with E-state index in [9.17, 15) is 13.2 Å². The Morgan fingerprint density at radius 1 is 0.914 bits per heavy atom. The Kier molecular flexibility index (Phi) is 7.70. The average molecular weight is 506 g/mol. The summed E-state index contributed by atoms with van der Waals surface area (Å²) < 4.78 is 41.3. The zero-order valence-electron chi connectivity index (χ0n) is 20.6. The first kappa shape index (κ1) is 25.9. The molecule has 3 nitrogen and oxygen atoms in total. The minimum atomic E-state index is -4.31. The Morgan fingerprint density at radius 2 is 1.60 bits per heavy atom. The fourth-order valence-electron chi connectivity index (χ4n) is 6.18. The van der Waals surface area contributed by atoms with Gasteiger partial charge in [0.05, 0.1) is 11.1 Å². The molecule has 0 amide bonds. The van der Waals surface area contributed by atoms with Crippen LogP contribution in [0.2, 0.25) is 0 Å². The van der Waals surface area contributed by atoms with Crippen LogP contribution in [0.4, 0.5) is 19.0 Å². The van der Waals surface area contributed by atoms with Gasteiger partial charge in [0.15, 0.2) is 5.82 Å². The molecule has 190 valence electrons. The highest BCUT2D eigenvalue weighted by atomic mass is 35.5. The van der Waals surface area contributed by atoms with E-state index in [1.54, 1.807) is 12.1 Å². The van der Waals surface area contributed by atoms with Gasteiger partial charge in [0.2, 0.25) is 0 Å². The number of piperidine rings is 1. The lowest BCUT2D eigenvalue weighted by Gasteiger charge is -2.39. The Hall–Kier alpha value is -2.21. The number of aryl methyl sites for hydroxylation is 1. The third-order valence-electron chi connectivity index (χ3n) is 8.22. The minimum Gasteiger partial charge on any atom is -0.355 e. The summed E-state index contributed by atoms with van der Waals surface area (Å²) in [6.07, 6.45) is 6.93. The largest absolute Gasteiger partial charge is 0.416 e. The Labute approximate surface area is 212 Å². The Morgan fingerprint density at radius 3 is 2.29 bits per heavy atom. The fraction of sp³-hybridized carbons (Fsp3) is 0.536. The molecule has 2 aromatic heterocycles. The molecular formula is C28H35ClF3N3. The molecule has 7 heteroatoms. The molecule has 2 fully saturated rings. The highest BCUT2D eigenvalue weighted by molar-refractivity contribution is 5.93. The topological polar surface area (TPSA) is 21.1 Å². The van der Waals surface area contributed by atoms with Crippen LogP contribution in [-0.2, 0) is 12.7 Å². The molecule has 1 saturated carbocycles. The average Bonchev–Trinajstić information content (AvgIpc) is 3.09. The number of halogens is 4. The van der Waals surface area contributed by atoms with Crippen LogP contribution in [0.1, 0.15) is 67.3 Å². The van der Waals surface area contributed by atoms with Crippen LogP contribution in [0.5, 0.6) is 0 Å². The number of fused-ring (bicyclic) bond motifs is 1. The van der Waals surface area contributed by atoms with Gasteiger partial charge >= 0.3 is 6.18 Å². The number of hydrogen-bond donors (Lipinski definition) is 0. The summed E-state index contributed by atoms with van der Waals surface area (Å²) in [5, 5.41) is 1.19. The molecule has 2 aliphatic rings. The first-order chi connectivity index (χ1) is 16.3. The third-order valence-corrected chi connectivity index (χ3v) is 8.22. The van der Waals surface area contributed by atoms with Crippen molar-refractivity contribution in [1.82, 2.24) is 9.55 Å². The lowest BCUT2D eigenvalue weighted by Crippen LogP contribution is -2.39. The Bertz CT molecular complexity index is 1150. The van der Waals surface area contributed by atoms with E-state index in [0.29, 0.717) is 6.54 Å². The number of benzene rings is 1. The molecule has 1 aliphatic carbocycles. The quantitative estimate of drug-likeness (QED) is 0.359. The molecule has 3 aromatic rings. The number of aromatic nitrogens is 2. The van der Waals surface area contributed by atoms with Gasteiger partial charge in [-0.15, -0.1) is 12.4 Å². The molecule has 1 aromatic carbocycles. The predicted octanol–water partition coefficient (Wildman–Crippen LogP) is 7.94. The Balaban J connectivity index is 0.00000289. The van der Waals surface area contributed by atoms with Crippen molar-refractivity contribution in [3.8, 4) is 0 Å². The van der Waals surface area contributed by atoms with Crippen LogP contribution in [0, 0.1) is 25.7 Å². The van der Waals surface area contributed by atoms with Gasteiger partial charge in [-0.1, -0.05) is 44.2 Å². The van der Waals surface area contributed by atoms with E-state index in [-0.39, 0.29) is 12.4 Å². The van der Waals surface area contributed by atoms with Crippen molar-refractivity contribution >= 4 is 29.1 Å². The van der Waals surface area contributed by atoms with E-state index in [4.69, 9.17) is 4.98 Å². The number of alkyl halides is 3. The molecular weight excluding hydrogens is 471 g/mol. The van der Waals surface area contributed by atoms with Gasteiger partial charge in [0, 0.05) is 36.9 Å². The number of anilines is 1. The number of pyridine rings is 1. The van der Waals surface area contributed by atoms with Gasteiger partial charge in [-0.05, 0) is 67.9 Å². The summed E-state index contributed by atoms with van der Waals surface area (Å²) in [6, 6.07) is 7.63. The molecule has 0 radical (unpaired) electrons. The first-order valence-electron chi connectivity index (χ1n) is 12.7. The maximum Gasteiger partial charge on any atom is 0.416 e. The molecule has 1 aliphatic heterocycles. The van der Waals surface area contributed by atoms with Gasteiger partial charge in [-0.3, -0.25) is 0 Å². The van der Waals surface area contributed by atoms with Crippen molar-refractivity contribution in [3.05, 3.63) is 58.9 Å². The second-order valence-corrected chi connectivity index (χ2v) is 10.3. The summed E-state index contributed by atoms with van der Waals surface area (Å²) in [7, 11) is 0. The van der Waals surface area contributed by atoms with E-state index >= 15 is 0 Å². The maximum absolute atomic E-state index is 13.0. The molecule has 0 bridgehead atoms. The first-order valence-corrected chi connectivity index (χ1v) is 12.7. The standard InChI is InChI=1S/C28H34F3N3.ClH/c1-19-20(2)34(17-21-10-12-24(13-11-21)28(29,30)31)26-25(19)14-15-32-27(26)33-16-6-9-23(18-33)22-7-4-3-5-8-22;/h10-15,22-23H,3-9,16-18H2,1-2H3;1H. The van der Waals surface area contributed by atoms with E-state index < -0.39 is 11.7 Å². The molecule has 1 saturated heterocycles. The van der Waals surface area contributed by atoms with Crippen molar-refractivity contribution in [2.45, 2.75) is 71.5 Å². The number of rotatable bonds is 4. The summed E-state index contributed by atoms with van der Waals surface area (Å²) in [5.74, 6) is 2.59. The molecule has 5 rings (SSSR count). The van der Waals surface area contributed by atoms with Gasteiger partial charge in [0.1, 0.15) is 0 Å². The maximum atomic E-state index is 13.0. The van der Waals surface area contributed by atoms with Gasteiger partial charge in [-0.2, -0.15) is 13.2 Å². The lowest BCUT2D eigenvalue weighted by molar-refractivity contribution is -0.137. The number of hydrogen-bond acceptors (Lipinski definition) is 2. The van der Waals surface area contributed by atoms with Crippen LogP contribution in [-0.4, -0.2) is 22.6 Å². The van der Waals surface area contributed by atoms with Gasteiger partial charge in [-0.25, -0.2) is 4.98 Å². The second kappa shape index (κ2) is 10.4. The molecule has 0 spiro atoms. The summed E-state index contributed by atoms with van der Waals surface area (Å²) in [5.41, 5.74) is 3.73. The zero-order chi connectivity index (χ0) is 23.9. The summed E-state index contributed by atoms with van der Waals surface area (Å²) in [6.45, 7) is 6.84. The highest BCUT2D eigenvalue weighted by Crippen LogP contribution is 2.38. The van der Waals surface area contributed by atoms with Gasteiger partial charge in [0.25, 0.3) is 0 Å². The van der Waals surface area contributed by atoms with E-state index in [0.717, 1.165) is 47.5 Å². The van der Waals surface area contributed by atoms with E-state index in [1.807, 2.05) is 6.20 Å². The zero-order valence-corrected chi connectivity index (χ0v) is 21.4. The third kappa shape index (κ3) is 5.18.